The second-order valence-corrected chi connectivity index (χ2v) is 4.71. The Balaban J connectivity index is 1.93. The maximum Gasteiger partial charge on any atom is 0.328 e. The van der Waals surface area contributed by atoms with E-state index in [1.165, 1.54) is 0 Å². The number of anilines is 1. The average molecular weight is 247 g/mol. The third-order valence-electron chi connectivity index (χ3n) is 3.68. The van der Waals surface area contributed by atoms with Crippen LogP contribution in [-0.4, -0.2) is 25.2 Å². The molecule has 0 radical (unpaired) electrons. The largest absolute Gasteiger partial charge is 0.464 e. The Morgan fingerprint density at radius 2 is 2.33 bits per heavy atom. The van der Waals surface area contributed by atoms with Gasteiger partial charge in [0.1, 0.15) is 6.04 Å². The molecule has 3 atom stereocenters. The van der Waals surface area contributed by atoms with E-state index >= 15 is 0 Å². The number of hydrogen-bond donors (Lipinski definition) is 1. The quantitative estimate of drug-likeness (QED) is 0.813. The molecule has 96 valence electrons. The number of benzene rings is 1. The maximum atomic E-state index is 12.0. The van der Waals surface area contributed by atoms with E-state index in [-0.39, 0.29) is 24.0 Å². The minimum absolute atomic E-state index is 0.0249. The zero-order chi connectivity index (χ0) is 12.5. The van der Waals surface area contributed by atoms with Gasteiger partial charge in [-0.1, -0.05) is 18.2 Å². The van der Waals surface area contributed by atoms with Gasteiger partial charge in [-0.15, -0.1) is 0 Å². The highest BCUT2D eigenvalue weighted by Crippen LogP contribution is 2.44. The summed E-state index contributed by atoms with van der Waals surface area (Å²) >= 11 is 0. The smallest absolute Gasteiger partial charge is 0.328 e. The molecule has 18 heavy (non-hydrogen) atoms. The van der Waals surface area contributed by atoms with Crippen molar-refractivity contribution in [2.24, 2.45) is 5.92 Å². The molecule has 1 aromatic rings. The average Bonchev–Trinajstić information content (AvgIpc) is 2.87. The van der Waals surface area contributed by atoms with Gasteiger partial charge in [0.25, 0.3) is 0 Å². The van der Waals surface area contributed by atoms with Crippen LogP contribution in [0.2, 0.25) is 0 Å². The molecular formula is C14H17NO3. The number of para-hydroxylation sites is 1. The number of rotatable bonds is 2. The summed E-state index contributed by atoms with van der Waals surface area (Å²) in [6, 6.07) is 7.73. The van der Waals surface area contributed by atoms with Crippen LogP contribution in [0.3, 0.4) is 0 Å². The first-order valence-corrected chi connectivity index (χ1v) is 6.45. The minimum Gasteiger partial charge on any atom is -0.464 e. The Hall–Kier alpha value is -1.55. The fourth-order valence-electron chi connectivity index (χ4n) is 2.88. The SMILES string of the molecule is CCOC(=O)[C@@H]1Nc2ccccc2C2OCC[C@H]21. The van der Waals surface area contributed by atoms with Gasteiger partial charge < -0.3 is 14.8 Å². The first-order valence-electron chi connectivity index (χ1n) is 6.45. The third-order valence-corrected chi connectivity index (χ3v) is 3.68. The lowest BCUT2D eigenvalue weighted by molar-refractivity contribution is -0.146. The Labute approximate surface area is 106 Å². The van der Waals surface area contributed by atoms with Crippen molar-refractivity contribution in [1.82, 2.24) is 0 Å². The van der Waals surface area contributed by atoms with Crippen molar-refractivity contribution >= 4 is 11.7 Å². The number of fused-ring (bicyclic) bond motifs is 3. The lowest BCUT2D eigenvalue weighted by atomic mass is 9.84. The van der Waals surface area contributed by atoms with Crippen LogP contribution >= 0.6 is 0 Å². The first-order chi connectivity index (χ1) is 8.81. The van der Waals surface area contributed by atoms with Crippen LogP contribution < -0.4 is 5.32 Å². The van der Waals surface area contributed by atoms with E-state index in [4.69, 9.17) is 9.47 Å². The van der Waals surface area contributed by atoms with Crippen LogP contribution in [-0.2, 0) is 14.3 Å². The fourth-order valence-corrected chi connectivity index (χ4v) is 2.88. The molecule has 2 aliphatic rings. The molecule has 0 aliphatic carbocycles. The second kappa shape index (κ2) is 4.61. The van der Waals surface area contributed by atoms with Crippen molar-refractivity contribution in [3.05, 3.63) is 29.8 Å². The van der Waals surface area contributed by atoms with Crippen molar-refractivity contribution in [3.63, 3.8) is 0 Å². The maximum absolute atomic E-state index is 12.0. The molecule has 0 saturated carbocycles. The van der Waals surface area contributed by atoms with E-state index in [1.807, 2.05) is 25.1 Å². The molecule has 1 saturated heterocycles. The van der Waals surface area contributed by atoms with Crippen molar-refractivity contribution in [1.29, 1.82) is 0 Å². The predicted octanol–water partition coefficient (Wildman–Crippen LogP) is 2.12. The number of nitrogens with one attached hydrogen (secondary N) is 1. The van der Waals surface area contributed by atoms with Crippen molar-refractivity contribution < 1.29 is 14.3 Å². The van der Waals surface area contributed by atoms with Gasteiger partial charge in [0, 0.05) is 23.8 Å². The van der Waals surface area contributed by atoms with E-state index in [0.29, 0.717) is 13.2 Å². The van der Waals surface area contributed by atoms with Crippen LogP contribution in [0.25, 0.3) is 0 Å². The summed E-state index contributed by atoms with van der Waals surface area (Å²) in [4.78, 5) is 12.0. The lowest BCUT2D eigenvalue weighted by Gasteiger charge is -2.34. The molecule has 0 bridgehead atoms. The summed E-state index contributed by atoms with van der Waals surface area (Å²) in [5.41, 5.74) is 2.14. The van der Waals surface area contributed by atoms with E-state index in [0.717, 1.165) is 17.7 Å². The molecule has 1 aromatic carbocycles. The first kappa shape index (κ1) is 11.5. The Morgan fingerprint density at radius 1 is 1.50 bits per heavy atom. The molecule has 0 spiro atoms. The molecule has 0 aromatic heterocycles. The van der Waals surface area contributed by atoms with E-state index in [9.17, 15) is 4.79 Å². The molecule has 1 fully saturated rings. The number of carbonyl (C=O) groups excluding carboxylic acids is 1. The molecule has 4 heteroatoms. The molecule has 4 nitrogen and oxygen atoms in total. The highest BCUT2D eigenvalue weighted by atomic mass is 16.5. The highest BCUT2D eigenvalue weighted by Gasteiger charge is 2.44. The number of ether oxygens (including phenoxy) is 2. The van der Waals surface area contributed by atoms with Crippen LogP contribution in [0.1, 0.15) is 25.0 Å². The number of hydrogen-bond acceptors (Lipinski definition) is 4. The lowest BCUT2D eigenvalue weighted by Crippen LogP contribution is -2.43. The van der Waals surface area contributed by atoms with Gasteiger partial charge >= 0.3 is 5.97 Å². The molecule has 2 aliphatic heterocycles. The Morgan fingerprint density at radius 3 is 3.17 bits per heavy atom. The van der Waals surface area contributed by atoms with Gasteiger partial charge in [-0.2, -0.15) is 0 Å². The van der Waals surface area contributed by atoms with Crippen LogP contribution in [0.4, 0.5) is 5.69 Å². The molecule has 1 unspecified atom stereocenters. The van der Waals surface area contributed by atoms with E-state index in [2.05, 4.69) is 11.4 Å². The van der Waals surface area contributed by atoms with Crippen molar-refractivity contribution in [3.8, 4) is 0 Å². The second-order valence-electron chi connectivity index (χ2n) is 4.71. The summed E-state index contributed by atoms with van der Waals surface area (Å²) in [5.74, 6) is 0.00598. The number of carbonyl (C=O) groups is 1. The molecular weight excluding hydrogens is 230 g/mol. The monoisotopic (exact) mass is 247 g/mol. The zero-order valence-corrected chi connectivity index (χ0v) is 10.4. The molecule has 3 rings (SSSR count). The van der Waals surface area contributed by atoms with Gasteiger partial charge in [-0.25, -0.2) is 4.79 Å². The van der Waals surface area contributed by atoms with Gasteiger partial charge in [0.15, 0.2) is 0 Å². The Kier molecular flexibility index (Phi) is 2.96. The molecule has 1 N–H and O–H groups in total. The van der Waals surface area contributed by atoms with Gasteiger partial charge in [0.05, 0.1) is 12.7 Å². The van der Waals surface area contributed by atoms with Gasteiger partial charge in [0.2, 0.25) is 0 Å². The van der Waals surface area contributed by atoms with Crippen LogP contribution in [0.5, 0.6) is 0 Å². The van der Waals surface area contributed by atoms with E-state index in [1.54, 1.807) is 0 Å². The Bertz CT molecular complexity index is 460. The normalized spacial score (nSPS) is 29.1. The standard InChI is InChI=1S/C14H17NO3/c1-2-17-14(16)12-10-7-8-18-13(10)9-5-3-4-6-11(9)15-12/h3-6,10,12-13,15H,2,7-8H2,1H3/t10-,12+,13?/m0/s1. The molecule has 0 amide bonds. The topological polar surface area (TPSA) is 47.6 Å². The summed E-state index contributed by atoms with van der Waals surface area (Å²) in [6.07, 6.45) is 0.923. The van der Waals surface area contributed by atoms with Gasteiger partial charge in [-0.3, -0.25) is 0 Å². The highest BCUT2D eigenvalue weighted by molar-refractivity contribution is 5.81. The van der Waals surface area contributed by atoms with Gasteiger partial charge in [-0.05, 0) is 19.4 Å². The fraction of sp³-hybridized carbons (Fsp3) is 0.500. The third kappa shape index (κ3) is 1.77. The summed E-state index contributed by atoms with van der Waals surface area (Å²) in [5, 5.41) is 3.30. The van der Waals surface area contributed by atoms with Crippen LogP contribution in [0.15, 0.2) is 24.3 Å². The molecule has 2 heterocycles. The minimum atomic E-state index is -0.285. The van der Waals surface area contributed by atoms with E-state index < -0.39 is 0 Å². The summed E-state index contributed by atoms with van der Waals surface area (Å²) in [7, 11) is 0. The predicted molar refractivity (Wildman–Crippen MR) is 67.3 cm³/mol. The summed E-state index contributed by atoms with van der Waals surface area (Å²) < 4.78 is 10.9. The number of esters is 1. The zero-order valence-electron chi connectivity index (χ0n) is 10.4. The summed E-state index contributed by atoms with van der Waals surface area (Å²) in [6.45, 7) is 2.95. The van der Waals surface area contributed by atoms with Crippen molar-refractivity contribution in [2.75, 3.05) is 18.5 Å². The van der Waals surface area contributed by atoms with Crippen molar-refractivity contribution in [2.45, 2.75) is 25.5 Å². The van der Waals surface area contributed by atoms with Crippen LogP contribution in [0, 0.1) is 5.92 Å².